The van der Waals surface area contributed by atoms with Crippen LogP contribution in [0.1, 0.15) is 27.9 Å². The zero-order valence-electron chi connectivity index (χ0n) is 15.3. The van der Waals surface area contributed by atoms with Gasteiger partial charge >= 0.3 is 0 Å². The molecule has 0 unspecified atom stereocenters. The molecule has 3 aromatic rings. The highest BCUT2D eigenvalue weighted by Crippen LogP contribution is 2.35. The quantitative estimate of drug-likeness (QED) is 0.721. The molecule has 28 heavy (non-hydrogen) atoms. The van der Waals surface area contributed by atoms with Gasteiger partial charge in [-0.25, -0.2) is 12.8 Å². The maximum atomic E-state index is 14.5. The number of hydrogen-bond donors (Lipinski definition) is 1. The van der Waals surface area contributed by atoms with Gasteiger partial charge in [-0.2, -0.15) is 0 Å². The van der Waals surface area contributed by atoms with Crippen molar-refractivity contribution in [2.24, 2.45) is 0 Å². The predicted molar refractivity (Wildman–Crippen MR) is 110 cm³/mol. The van der Waals surface area contributed by atoms with E-state index >= 15 is 0 Å². The summed E-state index contributed by atoms with van der Waals surface area (Å²) >= 11 is 0. The highest BCUT2D eigenvalue weighted by molar-refractivity contribution is 7.92. The van der Waals surface area contributed by atoms with E-state index in [1.807, 2.05) is 30.3 Å². The van der Waals surface area contributed by atoms with Crippen molar-refractivity contribution in [2.75, 3.05) is 11.0 Å². The van der Waals surface area contributed by atoms with Crippen LogP contribution in [0, 0.1) is 5.82 Å². The lowest BCUT2D eigenvalue weighted by Crippen LogP contribution is -2.09. The summed E-state index contributed by atoms with van der Waals surface area (Å²) < 4.78 is 40.1. The molecule has 0 radical (unpaired) electrons. The number of rotatable bonds is 3. The number of aromatic nitrogens is 1. The average Bonchev–Trinajstić information content (AvgIpc) is 2.79. The van der Waals surface area contributed by atoms with E-state index in [2.05, 4.69) is 9.71 Å². The molecule has 1 aliphatic rings. The molecule has 142 valence electrons. The van der Waals surface area contributed by atoms with E-state index in [0.717, 1.165) is 34.2 Å². The van der Waals surface area contributed by atoms with Crippen molar-refractivity contribution < 1.29 is 12.8 Å². The number of hydrogen-bond acceptors (Lipinski definition) is 3. The standard InChI is InChI=1S/C22H19FN2O2S/c1-28(26,27)25-16-6-2-5-15(13-16)14-20-17-7-3-9-21(23)18(17)10-11-22-19(20)8-4-12-24-22/h2-9,12-14,25H,10-11H2,1H3. The van der Waals surface area contributed by atoms with Gasteiger partial charge in [-0.05, 0) is 65.4 Å². The van der Waals surface area contributed by atoms with Crippen molar-refractivity contribution in [3.05, 3.63) is 94.6 Å². The minimum Gasteiger partial charge on any atom is -0.284 e. The number of anilines is 1. The van der Waals surface area contributed by atoms with Gasteiger partial charge in [-0.15, -0.1) is 0 Å². The van der Waals surface area contributed by atoms with Gasteiger partial charge in [-0.1, -0.05) is 30.3 Å². The molecule has 0 saturated carbocycles. The van der Waals surface area contributed by atoms with E-state index < -0.39 is 10.0 Å². The Balaban J connectivity index is 1.89. The largest absolute Gasteiger partial charge is 0.284 e. The van der Waals surface area contributed by atoms with Gasteiger partial charge in [0.25, 0.3) is 0 Å². The summed E-state index contributed by atoms with van der Waals surface area (Å²) in [5.41, 5.74) is 5.59. The molecule has 4 nitrogen and oxygen atoms in total. The van der Waals surface area contributed by atoms with Crippen LogP contribution < -0.4 is 4.72 Å². The van der Waals surface area contributed by atoms with Crippen molar-refractivity contribution in [2.45, 2.75) is 12.8 Å². The third-order valence-corrected chi connectivity index (χ3v) is 5.31. The lowest BCUT2D eigenvalue weighted by atomic mass is 9.93. The van der Waals surface area contributed by atoms with Crippen LogP contribution in [-0.4, -0.2) is 19.7 Å². The van der Waals surface area contributed by atoms with Gasteiger partial charge in [-0.3, -0.25) is 9.71 Å². The first-order chi connectivity index (χ1) is 13.4. The van der Waals surface area contributed by atoms with Crippen molar-refractivity contribution in [3.8, 4) is 0 Å². The third kappa shape index (κ3) is 3.82. The molecule has 0 bridgehead atoms. The number of nitrogens with one attached hydrogen (secondary N) is 1. The molecule has 0 amide bonds. The normalized spacial score (nSPS) is 14.9. The fourth-order valence-corrected chi connectivity index (χ4v) is 4.12. The smallest absolute Gasteiger partial charge is 0.229 e. The topological polar surface area (TPSA) is 59.1 Å². The molecule has 1 aliphatic carbocycles. The van der Waals surface area contributed by atoms with Gasteiger partial charge in [0.05, 0.1) is 6.26 Å². The van der Waals surface area contributed by atoms with E-state index in [0.29, 0.717) is 24.1 Å². The lowest BCUT2D eigenvalue weighted by Gasteiger charge is -2.12. The Kier molecular flexibility index (Phi) is 4.73. The molecular weight excluding hydrogens is 375 g/mol. The zero-order valence-corrected chi connectivity index (χ0v) is 16.1. The Morgan fingerprint density at radius 3 is 2.64 bits per heavy atom. The van der Waals surface area contributed by atoms with Crippen molar-refractivity contribution in [3.63, 3.8) is 0 Å². The molecule has 1 aromatic heterocycles. The fourth-order valence-electron chi connectivity index (χ4n) is 3.56. The van der Waals surface area contributed by atoms with E-state index in [1.54, 1.807) is 30.5 Å². The molecule has 1 N–H and O–H groups in total. The van der Waals surface area contributed by atoms with Gasteiger partial charge in [0.1, 0.15) is 5.82 Å². The highest BCUT2D eigenvalue weighted by atomic mass is 32.2. The van der Waals surface area contributed by atoms with Crippen LogP contribution in [0.25, 0.3) is 11.6 Å². The summed E-state index contributed by atoms with van der Waals surface area (Å²) in [6.07, 6.45) is 6.07. The van der Waals surface area contributed by atoms with Crippen LogP contribution >= 0.6 is 0 Å². The molecule has 1 heterocycles. The maximum Gasteiger partial charge on any atom is 0.229 e. The fraction of sp³-hybridized carbons (Fsp3) is 0.136. The number of fused-ring (bicyclic) bond motifs is 2. The van der Waals surface area contributed by atoms with E-state index in [9.17, 15) is 12.8 Å². The van der Waals surface area contributed by atoms with E-state index in [1.165, 1.54) is 6.07 Å². The van der Waals surface area contributed by atoms with E-state index in [4.69, 9.17) is 0 Å². The Labute approximate surface area is 163 Å². The predicted octanol–water partition coefficient (Wildman–Crippen LogP) is 4.28. The summed E-state index contributed by atoms with van der Waals surface area (Å²) in [5.74, 6) is -0.219. The van der Waals surface area contributed by atoms with Crippen LogP contribution in [0.2, 0.25) is 0 Å². The number of halogens is 1. The Morgan fingerprint density at radius 2 is 1.82 bits per heavy atom. The van der Waals surface area contributed by atoms with E-state index in [-0.39, 0.29) is 5.82 Å². The molecule has 0 spiro atoms. The lowest BCUT2D eigenvalue weighted by molar-refractivity contribution is 0.606. The summed E-state index contributed by atoms with van der Waals surface area (Å²) in [7, 11) is -3.37. The van der Waals surface area contributed by atoms with Crippen LogP contribution in [0.3, 0.4) is 0 Å². The maximum absolute atomic E-state index is 14.5. The Morgan fingerprint density at radius 1 is 1.04 bits per heavy atom. The first kappa shape index (κ1) is 18.4. The van der Waals surface area contributed by atoms with Crippen LogP contribution in [0.4, 0.5) is 10.1 Å². The highest BCUT2D eigenvalue weighted by Gasteiger charge is 2.21. The summed E-state index contributed by atoms with van der Waals surface area (Å²) in [5, 5.41) is 0. The van der Waals surface area contributed by atoms with Gasteiger partial charge in [0, 0.05) is 23.1 Å². The number of aryl methyl sites for hydroxylation is 1. The molecule has 2 aromatic carbocycles. The Bertz CT molecular complexity index is 1190. The van der Waals surface area contributed by atoms with Crippen LogP contribution in [0.5, 0.6) is 0 Å². The van der Waals surface area contributed by atoms with Crippen molar-refractivity contribution in [1.29, 1.82) is 0 Å². The summed E-state index contributed by atoms with van der Waals surface area (Å²) in [4.78, 5) is 4.49. The van der Waals surface area contributed by atoms with Gasteiger partial charge in [0.15, 0.2) is 0 Å². The minimum atomic E-state index is -3.37. The number of pyridine rings is 1. The zero-order chi connectivity index (χ0) is 19.7. The first-order valence-corrected chi connectivity index (χ1v) is 10.8. The number of sulfonamides is 1. The first-order valence-electron chi connectivity index (χ1n) is 8.92. The molecule has 4 rings (SSSR count). The van der Waals surface area contributed by atoms with Gasteiger partial charge < -0.3 is 0 Å². The number of benzene rings is 2. The SMILES string of the molecule is CS(=O)(=O)Nc1cccc(C=C2c3cccnc3CCc3c(F)cccc32)c1. The van der Waals surface area contributed by atoms with Gasteiger partial charge in [0.2, 0.25) is 10.0 Å². The molecule has 0 aliphatic heterocycles. The molecule has 6 heteroatoms. The minimum absolute atomic E-state index is 0.219. The average molecular weight is 394 g/mol. The summed E-state index contributed by atoms with van der Waals surface area (Å²) in [6.45, 7) is 0. The van der Waals surface area contributed by atoms with Crippen LogP contribution in [0.15, 0.2) is 60.8 Å². The second-order valence-corrected chi connectivity index (χ2v) is 8.57. The molecular formula is C22H19FN2O2S. The Hall–Kier alpha value is -2.99. The summed E-state index contributed by atoms with van der Waals surface area (Å²) in [6, 6.07) is 16.1. The second-order valence-electron chi connectivity index (χ2n) is 6.82. The molecule has 0 saturated heterocycles. The van der Waals surface area contributed by atoms with Crippen molar-refractivity contribution >= 4 is 27.4 Å². The molecule has 0 fully saturated rings. The monoisotopic (exact) mass is 394 g/mol. The second kappa shape index (κ2) is 7.20. The number of nitrogens with zero attached hydrogens (tertiary/aromatic N) is 1. The van der Waals surface area contributed by atoms with Crippen LogP contribution in [-0.2, 0) is 22.9 Å². The third-order valence-electron chi connectivity index (χ3n) is 4.70. The molecule has 0 atom stereocenters. The van der Waals surface area contributed by atoms with Crippen molar-refractivity contribution in [1.82, 2.24) is 4.98 Å².